The van der Waals surface area contributed by atoms with Gasteiger partial charge >= 0.3 is 0 Å². The predicted molar refractivity (Wildman–Crippen MR) is 83.4 cm³/mol. The first kappa shape index (κ1) is 12.7. The second kappa shape index (κ2) is 5.35. The lowest BCUT2D eigenvalue weighted by Crippen LogP contribution is -2.12. The fraction of sp³-hybridized carbons (Fsp3) is 0.250. The SMILES string of the molecule is CCCNCc1cc2cc3ccccc3c(Br)c2o1. The molecule has 98 valence electrons. The van der Waals surface area contributed by atoms with Crippen molar-refractivity contribution in [3.63, 3.8) is 0 Å². The smallest absolute Gasteiger partial charge is 0.149 e. The van der Waals surface area contributed by atoms with Crippen LogP contribution in [0.5, 0.6) is 0 Å². The minimum atomic E-state index is 0.783. The molecule has 3 rings (SSSR count). The van der Waals surface area contributed by atoms with Crippen LogP contribution in [-0.4, -0.2) is 6.54 Å². The maximum atomic E-state index is 5.94. The van der Waals surface area contributed by atoms with Crippen molar-refractivity contribution in [2.75, 3.05) is 6.54 Å². The molecule has 0 radical (unpaired) electrons. The molecule has 0 aliphatic rings. The van der Waals surface area contributed by atoms with Crippen molar-refractivity contribution in [3.05, 3.63) is 46.6 Å². The van der Waals surface area contributed by atoms with Crippen LogP contribution in [0.15, 0.2) is 45.3 Å². The van der Waals surface area contributed by atoms with Crippen molar-refractivity contribution in [3.8, 4) is 0 Å². The van der Waals surface area contributed by atoms with Crippen LogP contribution in [-0.2, 0) is 6.54 Å². The summed E-state index contributed by atoms with van der Waals surface area (Å²) in [4.78, 5) is 0. The Bertz CT molecular complexity index is 717. The van der Waals surface area contributed by atoms with Gasteiger partial charge < -0.3 is 9.73 Å². The van der Waals surface area contributed by atoms with Gasteiger partial charge in [-0.15, -0.1) is 0 Å². The minimum absolute atomic E-state index is 0.783. The molecule has 0 amide bonds. The number of rotatable bonds is 4. The fourth-order valence-electron chi connectivity index (χ4n) is 2.33. The number of hydrogen-bond donors (Lipinski definition) is 1. The zero-order chi connectivity index (χ0) is 13.2. The molecule has 0 saturated carbocycles. The molecule has 2 aromatic carbocycles. The molecular weight excluding hydrogens is 302 g/mol. The van der Waals surface area contributed by atoms with Crippen LogP contribution in [0.2, 0.25) is 0 Å². The molecule has 0 atom stereocenters. The topological polar surface area (TPSA) is 25.2 Å². The molecule has 3 heteroatoms. The molecule has 2 nitrogen and oxygen atoms in total. The van der Waals surface area contributed by atoms with E-state index in [1.165, 1.54) is 10.8 Å². The summed E-state index contributed by atoms with van der Waals surface area (Å²) in [5.41, 5.74) is 0.937. The van der Waals surface area contributed by atoms with E-state index in [0.717, 1.165) is 40.7 Å². The zero-order valence-corrected chi connectivity index (χ0v) is 12.5. The van der Waals surface area contributed by atoms with Gasteiger partial charge in [0.15, 0.2) is 0 Å². The second-order valence-corrected chi connectivity index (χ2v) is 5.51. The average molecular weight is 318 g/mol. The molecule has 1 N–H and O–H groups in total. The summed E-state index contributed by atoms with van der Waals surface area (Å²) in [5, 5.41) is 6.94. The summed E-state index contributed by atoms with van der Waals surface area (Å²) >= 11 is 3.66. The Labute approximate surface area is 120 Å². The highest BCUT2D eigenvalue weighted by atomic mass is 79.9. The Morgan fingerprint density at radius 1 is 1.16 bits per heavy atom. The highest BCUT2D eigenvalue weighted by molar-refractivity contribution is 9.10. The molecule has 0 aliphatic carbocycles. The first-order valence-corrected chi connectivity index (χ1v) is 7.39. The molecule has 1 heterocycles. The molecule has 1 aromatic heterocycles. The molecule has 0 spiro atoms. The van der Waals surface area contributed by atoms with Crippen molar-refractivity contribution in [2.24, 2.45) is 0 Å². The molecule has 0 saturated heterocycles. The van der Waals surface area contributed by atoms with Gasteiger partial charge in [-0.05, 0) is 51.8 Å². The van der Waals surface area contributed by atoms with E-state index in [4.69, 9.17) is 4.42 Å². The van der Waals surface area contributed by atoms with Gasteiger partial charge in [0.05, 0.1) is 11.0 Å². The molecule has 0 aliphatic heterocycles. The van der Waals surface area contributed by atoms with Gasteiger partial charge in [-0.3, -0.25) is 0 Å². The maximum absolute atomic E-state index is 5.94. The quantitative estimate of drug-likeness (QED) is 0.696. The largest absolute Gasteiger partial charge is 0.458 e. The summed E-state index contributed by atoms with van der Waals surface area (Å²) < 4.78 is 6.99. The van der Waals surface area contributed by atoms with E-state index in [-0.39, 0.29) is 0 Å². The Morgan fingerprint density at radius 2 is 2.00 bits per heavy atom. The molecule has 19 heavy (non-hydrogen) atoms. The minimum Gasteiger partial charge on any atom is -0.458 e. The molecular formula is C16H16BrNO. The third-order valence-electron chi connectivity index (χ3n) is 3.25. The van der Waals surface area contributed by atoms with Gasteiger partial charge in [0, 0.05) is 5.39 Å². The van der Waals surface area contributed by atoms with Crippen molar-refractivity contribution in [1.82, 2.24) is 5.32 Å². The first-order chi connectivity index (χ1) is 9.29. The lowest BCUT2D eigenvalue weighted by atomic mass is 10.1. The Morgan fingerprint density at radius 3 is 2.84 bits per heavy atom. The summed E-state index contributed by atoms with van der Waals surface area (Å²) in [6, 6.07) is 12.6. The van der Waals surface area contributed by atoms with E-state index in [0.29, 0.717) is 0 Å². The Balaban J connectivity index is 2.06. The number of halogens is 1. The van der Waals surface area contributed by atoms with E-state index in [9.17, 15) is 0 Å². The van der Waals surface area contributed by atoms with Crippen LogP contribution in [0.1, 0.15) is 19.1 Å². The monoisotopic (exact) mass is 317 g/mol. The Hall–Kier alpha value is -1.32. The van der Waals surface area contributed by atoms with Gasteiger partial charge in [0.25, 0.3) is 0 Å². The predicted octanol–water partition coefficient (Wildman–Crippen LogP) is 4.85. The van der Waals surface area contributed by atoms with Crippen LogP contribution < -0.4 is 5.32 Å². The second-order valence-electron chi connectivity index (χ2n) is 4.72. The summed E-state index contributed by atoms with van der Waals surface area (Å²) in [7, 11) is 0. The number of furan rings is 1. The maximum Gasteiger partial charge on any atom is 0.149 e. The third kappa shape index (κ3) is 2.40. The summed E-state index contributed by atoms with van der Waals surface area (Å²) in [6.07, 6.45) is 1.13. The van der Waals surface area contributed by atoms with Gasteiger partial charge in [0.2, 0.25) is 0 Å². The van der Waals surface area contributed by atoms with Gasteiger partial charge in [-0.2, -0.15) is 0 Å². The number of fused-ring (bicyclic) bond motifs is 2. The summed E-state index contributed by atoms with van der Waals surface area (Å²) in [5.74, 6) is 0.986. The fourth-order valence-corrected chi connectivity index (χ4v) is 3.00. The van der Waals surface area contributed by atoms with E-state index in [1.54, 1.807) is 0 Å². The van der Waals surface area contributed by atoms with Crippen molar-refractivity contribution >= 4 is 37.7 Å². The highest BCUT2D eigenvalue weighted by Crippen LogP contribution is 2.34. The van der Waals surface area contributed by atoms with E-state index in [1.807, 2.05) is 6.07 Å². The van der Waals surface area contributed by atoms with Crippen molar-refractivity contribution < 1.29 is 4.42 Å². The van der Waals surface area contributed by atoms with Crippen molar-refractivity contribution in [2.45, 2.75) is 19.9 Å². The number of hydrogen-bond acceptors (Lipinski definition) is 2. The van der Waals surface area contributed by atoms with Gasteiger partial charge in [-0.1, -0.05) is 31.2 Å². The zero-order valence-electron chi connectivity index (χ0n) is 10.9. The van der Waals surface area contributed by atoms with Crippen LogP contribution >= 0.6 is 15.9 Å². The molecule has 3 aromatic rings. The van der Waals surface area contributed by atoms with E-state index < -0.39 is 0 Å². The molecule has 0 bridgehead atoms. The first-order valence-electron chi connectivity index (χ1n) is 6.60. The van der Waals surface area contributed by atoms with Crippen molar-refractivity contribution in [1.29, 1.82) is 0 Å². The third-order valence-corrected chi connectivity index (χ3v) is 4.03. The van der Waals surface area contributed by atoms with Crippen LogP contribution in [0.25, 0.3) is 21.7 Å². The number of nitrogens with one attached hydrogen (secondary N) is 1. The van der Waals surface area contributed by atoms with Crippen LogP contribution in [0, 0.1) is 0 Å². The normalized spacial score (nSPS) is 11.5. The van der Waals surface area contributed by atoms with E-state index >= 15 is 0 Å². The van der Waals surface area contributed by atoms with Gasteiger partial charge in [-0.25, -0.2) is 0 Å². The molecule has 0 unspecified atom stereocenters. The van der Waals surface area contributed by atoms with E-state index in [2.05, 4.69) is 58.5 Å². The average Bonchev–Trinajstić information content (AvgIpc) is 2.83. The van der Waals surface area contributed by atoms with Crippen LogP contribution in [0.3, 0.4) is 0 Å². The highest BCUT2D eigenvalue weighted by Gasteiger charge is 2.10. The Kier molecular flexibility index (Phi) is 3.58. The van der Waals surface area contributed by atoms with Gasteiger partial charge in [0.1, 0.15) is 11.3 Å². The standard InChI is InChI=1S/C16H16BrNO/c1-2-7-18-10-13-9-12-8-11-5-3-4-6-14(11)15(17)16(12)19-13/h3-6,8-9,18H,2,7,10H2,1H3. The summed E-state index contributed by atoms with van der Waals surface area (Å²) in [6.45, 7) is 3.96. The molecule has 0 fully saturated rings. The lowest BCUT2D eigenvalue weighted by Gasteiger charge is -2.01. The number of benzene rings is 2. The van der Waals surface area contributed by atoms with Crippen LogP contribution in [0.4, 0.5) is 0 Å². The lowest BCUT2D eigenvalue weighted by molar-refractivity contribution is 0.513.